The average Bonchev–Trinajstić information content (AvgIpc) is 2.62. The van der Waals surface area contributed by atoms with Crippen LogP contribution in [0.3, 0.4) is 0 Å². The van der Waals surface area contributed by atoms with Crippen LogP contribution in [0, 0.1) is 0 Å². The van der Waals surface area contributed by atoms with Gasteiger partial charge in [-0.15, -0.1) is 0 Å². The number of imidazole rings is 1. The van der Waals surface area contributed by atoms with Crippen LogP contribution in [0.15, 0.2) is 12.4 Å². The monoisotopic (exact) mass is 225 g/mol. The summed E-state index contributed by atoms with van der Waals surface area (Å²) in [5.41, 5.74) is -0.841. The second-order valence-corrected chi connectivity index (χ2v) is 4.24. The van der Waals surface area contributed by atoms with E-state index in [9.17, 15) is 9.90 Å². The second kappa shape index (κ2) is 4.65. The van der Waals surface area contributed by atoms with E-state index in [2.05, 4.69) is 4.98 Å². The molecule has 0 saturated carbocycles. The van der Waals surface area contributed by atoms with Gasteiger partial charge in [0.2, 0.25) is 0 Å². The molecule has 90 valence electrons. The lowest BCUT2D eigenvalue weighted by Crippen LogP contribution is -2.49. The smallest absolute Gasteiger partial charge is 0.323 e. The summed E-state index contributed by atoms with van der Waals surface area (Å²) in [6.07, 6.45) is 4.13. The van der Waals surface area contributed by atoms with Crippen LogP contribution in [-0.4, -0.2) is 38.1 Å². The predicted octanol–water partition coefficient (Wildman–Crippen LogP) is 1.11. The second-order valence-electron chi connectivity index (χ2n) is 4.24. The summed E-state index contributed by atoms with van der Waals surface area (Å²) in [7, 11) is 3.71. The van der Waals surface area contributed by atoms with Gasteiger partial charge in [-0.25, -0.2) is 4.98 Å². The topological polar surface area (TPSA) is 58.4 Å². The van der Waals surface area contributed by atoms with Gasteiger partial charge in [0.25, 0.3) is 0 Å². The van der Waals surface area contributed by atoms with Crippen LogP contribution in [0.1, 0.15) is 26.1 Å². The highest BCUT2D eigenvalue weighted by molar-refractivity contribution is 5.78. The van der Waals surface area contributed by atoms with Crippen LogP contribution >= 0.6 is 0 Å². The van der Waals surface area contributed by atoms with Gasteiger partial charge >= 0.3 is 5.97 Å². The van der Waals surface area contributed by atoms with Crippen LogP contribution in [0.4, 0.5) is 0 Å². The Morgan fingerprint density at radius 2 is 2.31 bits per heavy atom. The molecule has 0 aliphatic rings. The van der Waals surface area contributed by atoms with Gasteiger partial charge < -0.3 is 9.67 Å². The van der Waals surface area contributed by atoms with E-state index in [1.54, 1.807) is 13.1 Å². The first-order chi connectivity index (χ1) is 7.41. The molecule has 0 bridgehead atoms. The fraction of sp³-hybridized carbons (Fsp3) is 0.636. The van der Waals surface area contributed by atoms with Crippen molar-refractivity contribution in [1.29, 1.82) is 0 Å². The molecule has 1 aromatic rings. The van der Waals surface area contributed by atoms with E-state index in [0.29, 0.717) is 13.0 Å². The average molecular weight is 225 g/mol. The Kier molecular flexibility index (Phi) is 3.70. The number of aryl methyl sites for hydroxylation is 1. The molecule has 0 fully saturated rings. The van der Waals surface area contributed by atoms with Gasteiger partial charge in [-0.1, -0.05) is 6.92 Å². The molecule has 0 amide bonds. The van der Waals surface area contributed by atoms with E-state index in [0.717, 1.165) is 5.82 Å². The van der Waals surface area contributed by atoms with Crippen LogP contribution in [0.25, 0.3) is 0 Å². The van der Waals surface area contributed by atoms with Crippen molar-refractivity contribution in [1.82, 2.24) is 14.5 Å². The largest absolute Gasteiger partial charge is 0.480 e. The Bertz CT molecular complexity index is 375. The van der Waals surface area contributed by atoms with Gasteiger partial charge in [-0.2, -0.15) is 0 Å². The van der Waals surface area contributed by atoms with Crippen molar-refractivity contribution in [3.8, 4) is 0 Å². The van der Waals surface area contributed by atoms with Crippen molar-refractivity contribution >= 4 is 5.97 Å². The van der Waals surface area contributed by atoms with Crippen molar-refractivity contribution in [3.05, 3.63) is 18.2 Å². The van der Waals surface area contributed by atoms with Crippen molar-refractivity contribution in [2.24, 2.45) is 7.05 Å². The molecule has 1 aromatic heterocycles. The summed E-state index contributed by atoms with van der Waals surface area (Å²) >= 11 is 0. The van der Waals surface area contributed by atoms with E-state index in [1.165, 1.54) is 0 Å². The third-order valence-corrected chi connectivity index (χ3v) is 3.29. The minimum atomic E-state index is -0.841. The Labute approximate surface area is 95.7 Å². The van der Waals surface area contributed by atoms with Crippen LogP contribution < -0.4 is 0 Å². The molecule has 1 heterocycles. The van der Waals surface area contributed by atoms with Crippen LogP contribution in [0.5, 0.6) is 0 Å². The number of aromatic nitrogens is 2. The maximum absolute atomic E-state index is 11.2. The number of hydrogen-bond acceptors (Lipinski definition) is 3. The molecule has 1 N–H and O–H groups in total. The van der Waals surface area contributed by atoms with Gasteiger partial charge in [0.05, 0.1) is 6.54 Å². The summed E-state index contributed by atoms with van der Waals surface area (Å²) in [6.45, 7) is 4.14. The predicted molar refractivity (Wildman–Crippen MR) is 61.0 cm³/mol. The van der Waals surface area contributed by atoms with Gasteiger partial charge in [0.15, 0.2) is 0 Å². The lowest BCUT2D eigenvalue weighted by Gasteiger charge is -2.33. The number of aliphatic carboxylic acids is 1. The Hall–Kier alpha value is -1.36. The minimum absolute atomic E-state index is 0.528. The lowest BCUT2D eigenvalue weighted by molar-refractivity contribution is -0.150. The number of nitrogens with zero attached hydrogens (tertiary/aromatic N) is 3. The summed E-state index contributed by atoms with van der Waals surface area (Å²) < 4.78 is 1.90. The quantitative estimate of drug-likeness (QED) is 0.815. The molecule has 5 nitrogen and oxygen atoms in total. The van der Waals surface area contributed by atoms with Crippen molar-refractivity contribution in [3.63, 3.8) is 0 Å². The Morgan fingerprint density at radius 3 is 2.69 bits per heavy atom. The zero-order chi connectivity index (χ0) is 12.3. The standard InChI is InChI=1S/C11H19N3O2/c1-5-11(2,10(15)16)14(4)8-9-12-6-7-13(9)3/h6-7H,5,8H2,1-4H3,(H,15,16). The number of hydrogen-bond donors (Lipinski definition) is 1. The fourth-order valence-corrected chi connectivity index (χ4v) is 1.52. The fourth-order valence-electron chi connectivity index (χ4n) is 1.52. The Balaban J connectivity index is 2.82. The first kappa shape index (κ1) is 12.7. The zero-order valence-corrected chi connectivity index (χ0v) is 10.3. The molecule has 0 aromatic carbocycles. The molecule has 16 heavy (non-hydrogen) atoms. The van der Waals surface area contributed by atoms with E-state index in [-0.39, 0.29) is 0 Å². The van der Waals surface area contributed by atoms with Crippen molar-refractivity contribution < 1.29 is 9.90 Å². The van der Waals surface area contributed by atoms with E-state index < -0.39 is 11.5 Å². The highest BCUT2D eigenvalue weighted by Crippen LogP contribution is 2.19. The zero-order valence-electron chi connectivity index (χ0n) is 10.3. The number of rotatable bonds is 5. The number of carboxylic acids is 1. The normalized spacial score (nSPS) is 15.1. The minimum Gasteiger partial charge on any atom is -0.480 e. The summed E-state index contributed by atoms with van der Waals surface area (Å²) in [4.78, 5) is 17.2. The molecule has 0 aliphatic carbocycles. The highest BCUT2D eigenvalue weighted by Gasteiger charge is 2.35. The van der Waals surface area contributed by atoms with Crippen molar-refractivity contribution in [2.75, 3.05) is 7.05 Å². The lowest BCUT2D eigenvalue weighted by atomic mass is 9.97. The van der Waals surface area contributed by atoms with Gasteiger partial charge in [0.1, 0.15) is 11.4 Å². The van der Waals surface area contributed by atoms with E-state index in [4.69, 9.17) is 0 Å². The number of carboxylic acid groups (broad SMARTS) is 1. The molecule has 1 unspecified atom stereocenters. The molecule has 1 atom stereocenters. The maximum Gasteiger partial charge on any atom is 0.323 e. The molecular formula is C11H19N3O2. The summed E-state index contributed by atoms with van der Waals surface area (Å²) in [5, 5.41) is 9.23. The molecule has 5 heteroatoms. The SMILES string of the molecule is CCC(C)(C(=O)O)N(C)Cc1nccn1C. The molecule has 0 saturated heterocycles. The van der Waals surface area contributed by atoms with E-state index >= 15 is 0 Å². The van der Waals surface area contributed by atoms with Gasteiger partial charge in [0, 0.05) is 19.4 Å². The third kappa shape index (κ3) is 2.24. The third-order valence-electron chi connectivity index (χ3n) is 3.29. The first-order valence-corrected chi connectivity index (χ1v) is 5.32. The highest BCUT2D eigenvalue weighted by atomic mass is 16.4. The maximum atomic E-state index is 11.2. The number of carbonyl (C=O) groups is 1. The summed E-state index contributed by atoms with van der Waals surface area (Å²) in [6, 6.07) is 0. The Morgan fingerprint density at radius 1 is 1.69 bits per heavy atom. The summed E-state index contributed by atoms with van der Waals surface area (Å²) in [5.74, 6) is 0.0649. The van der Waals surface area contributed by atoms with Crippen molar-refractivity contribution in [2.45, 2.75) is 32.4 Å². The number of likely N-dealkylation sites (N-methyl/N-ethyl adjacent to an activating group) is 1. The van der Waals surface area contributed by atoms with Gasteiger partial charge in [-0.05, 0) is 20.4 Å². The molecule has 0 radical (unpaired) electrons. The van der Waals surface area contributed by atoms with Crippen LogP contribution in [0.2, 0.25) is 0 Å². The molecule has 0 spiro atoms. The molecule has 0 aliphatic heterocycles. The molecular weight excluding hydrogens is 206 g/mol. The first-order valence-electron chi connectivity index (χ1n) is 5.32. The van der Waals surface area contributed by atoms with E-state index in [1.807, 2.05) is 36.7 Å². The van der Waals surface area contributed by atoms with Gasteiger partial charge in [-0.3, -0.25) is 9.69 Å². The molecule has 1 rings (SSSR count). The van der Waals surface area contributed by atoms with Crippen LogP contribution in [-0.2, 0) is 18.4 Å².